The first kappa shape index (κ1) is 15.3. The average molecular weight is 357 g/mol. The number of benzene rings is 1. The summed E-state index contributed by atoms with van der Waals surface area (Å²) in [5, 5.41) is 8.88. The topological polar surface area (TPSA) is 83.5 Å². The summed E-state index contributed by atoms with van der Waals surface area (Å²) in [7, 11) is -3.70. The molecule has 0 radical (unpaired) electrons. The van der Waals surface area contributed by atoms with E-state index in [4.69, 9.17) is 16.7 Å². The zero-order valence-corrected chi connectivity index (χ0v) is 12.6. The number of nitrogens with one attached hydrogen (secondary N) is 1. The van der Waals surface area contributed by atoms with E-state index in [2.05, 4.69) is 20.7 Å². The van der Waals surface area contributed by atoms with Crippen LogP contribution in [0.25, 0.3) is 0 Å². The molecule has 0 unspecified atom stereocenters. The molecule has 1 rings (SSSR count). The van der Waals surface area contributed by atoms with Gasteiger partial charge in [0.05, 0.1) is 17.9 Å². The maximum absolute atomic E-state index is 11.6. The van der Waals surface area contributed by atoms with Gasteiger partial charge >= 0.3 is 5.97 Å². The smallest absolute Gasteiger partial charge is 0.304 e. The molecule has 0 aliphatic heterocycles. The van der Waals surface area contributed by atoms with E-state index in [0.717, 1.165) is 5.56 Å². The van der Waals surface area contributed by atoms with Crippen LogP contribution in [0.4, 0.5) is 5.69 Å². The summed E-state index contributed by atoms with van der Waals surface area (Å²) >= 11 is 9.10. The second-order valence-electron chi connectivity index (χ2n) is 3.65. The Balaban J connectivity index is 2.91. The van der Waals surface area contributed by atoms with Crippen LogP contribution in [-0.4, -0.2) is 25.2 Å². The molecule has 0 aromatic heterocycles. The van der Waals surface area contributed by atoms with Crippen LogP contribution in [0.2, 0.25) is 5.02 Å². The standard InChI is InChI=1S/C10H11BrClNO4S/c1-6-4-7(11)9(5-8(6)12)13-18(16,17)3-2-10(14)15/h4-5,13H,2-3H2,1H3,(H,14,15). The van der Waals surface area contributed by atoms with Crippen molar-refractivity contribution in [3.05, 3.63) is 27.2 Å². The van der Waals surface area contributed by atoms with Crippen molar-refractivity contribution >= 4 is 49.2 Å². The molecule has 0 aliphatic rings. The molecule has 0 heterocycles. The Bertz CT molecular complexity index is 573. The number of halogens is 2. The fourth-order valence-corrected chi connectivity index (χ4v) is 3.07. The highest BCUT2D eigenvalue weighted by molar-refractivity contribution is 9.10. The largest absolute Gasteiger partial charge is 0.481 e. The Morgan fingerprint density at radius 1 is 1.50 bits per heavy atom. The fraction of sp³-hybridized carbons (Fsp3) is 0.300. The highest BCUT2D eigenvalue weighted by Crippen LogP contribution is 2.29. The highest BCUT2D eigenvalue weighted by atomic mass is 79.9. The Morgan fingerprint density at radius 2 is 2.11 bits per heavy atom. The molecule has 0 saturated heterocycles. The van der Waals surface area contributed by atoms with Gasteiger partial charge in [-0.05, 0) is 40.5 Å². The molecule has 2 N–H and O–H groups in total. The molecule has 100 valence electrons. The summed E-state index contributed by atoms with van der Waals surface area (Å²) in [5.74, 6) is -1.65. The average Bonchev–Trinajstić information content (AvgIpc) is 2.23. The molecule has 1 aromatic carbocycles. The van der Waals surface area contributed by atoms with E-state index in [0.29, 0.717) is 9.50 Å². The van der Waals surface area contributed by atoms with E-state index in [1.807, 2.05) is 0 Å². The third-order valence-electron chi connectivity index (χ3n) is 2.10. The Hall–Kier alpha value is -0.790. The maximum Gasteiger partial charge on any atom is 0.304 e. The molecule has 0 atom stereocenters. The number of hydrogen-bond donors (Lipinski definition) is 2. The number of aliphatic carboxylic acids is 1. The molecular weight excluding hydrogens is 346 g/mol. The molecule has 5 nitrogen and oxygen atoms in total. The minimum Gasteiger partial charge on any atom is -0.481 e. The Morgan fingerprint density at radius 3 is 2.67 bits per heavy atom. The number of sulfonamides is 1. The summed E-state index contributed by atoms with van der Waals surface area (Å²) in [6.07, 6.45) is -0.452. The molecule has 0 saturated carbocycles. The lowest BCUT2D eigenvalue weighted by Crippen LogP contribution is -2.19. The fourth-order valence-electron chi connectivity index (χ4n) is 1.16. The second-order valence-corrected chi connectivity index (χ2v) is 6.75. The second kappa shape index (κ2) is 5.90. The van der Waals surface area contributed by atoms with E-state index in [1.54, 1.807) is 13.0 Å². The lowest BCUT2D eigenvalue weighted by molar-refractivity contribution is -0.136. The van der Waals surface area contributed by atoms with Crippen molar-refractivity contribution in [1.29, 1.82) is 0 Å². The lowest BCUT2D eigenvalue weighted by atomic mass is 10.2. The van der Waals surface area contributed by atoms with Crippen LogP contribution in [0.1, 0.15) is 12.0 Å². The van der Waals surface area contributed by atoms with Crippen LogP contribution < -0.4 is 4.72 Å². The van der Waals surface area contributed by atoms with E-state index in [-0.39, 0.29) is 5.69 Å². The number of carboxylic acid groups (broad SMARTS) is 1. The summed E-state index contributed by atoms with van der Waals surface area (Å²) < 4.78 is 26.1. The first-order chi connectivity index (χ1) is 8.21. The van der Waals surface area contributed by atoms with Gasteiger partial charge in [0.15, 0.2) is 0 Å². The third-order valence-corrected chi connectivity index (χ3v) is 4.43. The first-order valence-electron chi connectivity index (χ1n) is 4.89. The molecule has 0 spiro atoms. The quantitative estimate of drug-likeness (QED) is 0.849. The van der Waals surface area contributed by atoms with Crippen LogP contribution >= 0.6 is 27.5 Å². The molecule has 0 bridgehead atoms. The van der Waals surface area contributed by atoms with Crippen LogP contribution in [-0.2, 0) is 14.8 Å². The summed E-state index contributed by atoms with van der Waals surface area (Å²) in [4.78, 5) is 10.3. The normalized spacial score (nSPS) is 11.3. The molecule has 0 fully saturated rings. The van der Waals surface area contributed by atoms with Gasteiger partial charge in [0.2, 0.25) is 10.0 Å². The molecule has 1 aromatic rings. The van der Waals surface area contributed by atoms with Crippen LogP contribution in [0, 0.1) is 6.92 Å². The number of anilines is 1. The minimum atomic E-state index is -3.70. The molecular formula is C10H11BrClNO4S. The van der Waals surface area contributed by atoms with Gasteiger partial charge < -0.3 is 5.11 Å². The molecule has 8 heteroatoms. The number of hydrogen-bond acceptors (Lipinski definition) is 3. The maximum atomic E-state index is 11.6. The van der Waals surface area contributed by atoms with Crippen LogP contribution in [0.15, 0.2) is 16.6 Å². The van der Waals surface area contributed by atoms with Gasteiger partial charge in [-0.3, -0.25) is 9.52 Å². The first-order valence-corrected chi connectivity index (χ1v) is 7.71. The molecule has 18 heavy (non-hydrogen) atoms. The summed E-state index contributed by atoms with van der Waals surface area (Å²) in [6.45, 7) is 1.79. The van der Waals surface area contributed by atoms with Crippen LogP contribution in [0.5, 0.6) is 0 Å². The Labute approximate surface area is 118 Å². The van der Waals surface area contributed by atoms with E-state index >= 15 is 0 Å². The SMILES string of the molecule is Cc1cc(Br)c(NS(=O)(=O)CCC(=O)O)cc1Cl. The minimum absolute atomic E-state index is 0.288. The highest BCUT2D eigenvalue weighted by Gasteiger charge is 2.15. The monoisotopic (exact) mass is 355 g/mol. The Kier molecular flexibility index (Phi) is 5.01. The lowest BCUT2D eigenvalue weighted by Gasteiger charge is -2.10. The van der Waals surface area contributed by atoms with Crippen molar-refractivity contribution in [1.82, 2.24) is 0 Å². The van der Waals surface area contributed by atoms with E-state index in [1.165, 1.54) is 6.07 Å². The van der Waals surface area contributed by atoms with Gasteiger partial charge in [0.1, 0.15) is 0 Å². The summed E-state index contributed by atoms with van der Waals surface area (Å²) in [5.41, 5.74) is 1.09. The zero-order chi connectivity index (χ0) is 13.9. The van der Waals surface area contributed by atoms with Crippen molar-refractivity contribution in [3.8, 4) is 0 Å². The summed E-state index contributed by atoms with van der Waals surface area (Å²) in [6, 6.07) is 3.15. The van der Waals surface area contributed by atoms with Crippen molar-refractivity contribution in [2.24, 2.45) is 0 Å². The van der Waals surface area contributed by atoms with Crippen molar-refractivity contribution in [2.75, 3.05) is 10.5 Å². The van der Waals surface area contributed by atoms with Crippen molar-refractivity contribution in [2.45, 2.75) is 13.3 Å². The molecule has 0 aliphatic carbocycles. The number of aryl methyl sites for hydroxylation is 1. The number of rotatable bonds is 5. The number of carbonyl (C=O) groups is 1. The van der Waals surface area contributed by atoms with Crippen molar-refractivity contribution in [3.63, 3.8) is 0 Å². The van der Waals surface area contributed by atoms with Crippen molar-refractivity contribution < 1.29 is 18.3 Å². The predicted octanol–water partition coefficient (Wildman–Crippen LogP) is 2.63. The van der Waals surface area contributed by atoms with Gasteiger partial charge in [-0.2, -0.15) is 0 Å². The molecule has 0 amide bonds. The van der Waals surface area contributed by atoms with Crippen LogP contribution in [0.3, 0.4) is 0 Å². The predicted molar refractivity (Wildman–Crippen MR) is 73.6 cm³/mol. The van der Waals surface area contributed by atoms with E-state index in [9.17, 15) is 13.2 Å². The van der Waals surface area contributed by atoms with Gasteiger partial charge in [-0.25, -0.2) is 8.42 Å². The van der Waals surface area contributed by atoms with Gasteiger partial charge in [-0.1, -0.05) is 11.6 Å². The van der Waals surface area contributed by atoms with E-state index < -0.39 is 28.2 Å². The van der Waals surface area contributed by atoms with Gasteiger partial charge in [-0.15, -0.1) is 0 Å². The van der Waals surface area contributed by atoms with Gasteiger partial charge in [0, 0.05) is 9.50 Å². The van der Waals surface area contributed by atoms with Gasteiger partial charge in [0.25, 0.3) is 0 Å². The third kappa shape index (κ3) is 4.47. The zero-order valence-electron chi connectivity index (χ0n) is 9.41. The number of carboxylic acids is 1.